The first kappa shape index (κ1) is 18.4. The van der Waals surface area contributed by atoms with Crippen LogP contribution in [0.4, 0.5) is 0 Å². The molecule has 3 heterocycles. The number of hydrogen-bond donors (Lipinski definition) is 1. The number of nitrogens with zero attached hydrogens (tertiary/aromatic N) is 4. The molecule has 1 fully saturated rings. The standard InChI is InChI=1S/C17H18N4O3S2/c1-11-8-13(12(2)21(11)19-7-5-18-10-19)9-14-16(24)20(17(25)26-14)6-3-4-15(22)23/h5,7-10H,3-4,6H2,1-2H3,(H,22,23)/b14-9-. The summed E-state index contributed by atoms with van der Waals surface area (Å²) in [5.41, 5.74) is 2.93. The highest BCUT2D eigenvalue weighted by atomic mass is 32.2. The molecular formula is C17H18N4O3S2. The van der Waals surface area contributed by atoms with Crippen LogP contribution in [0.5, 0.6) is 0 Å². The molecule has 1 aliphatic rings. The molecule has 0 aromatic carbocycles. The molecule has 0 bridgehead atoms. The Bertz CT molecular complexity index is 900. The van der Waals surface area contributed by atoms with Crippen LogP contribution in [-0.2, 0) is 9.59 Å². The van der Waals surface area contributed by atoms with Crippen molar-refractivity contribution in [2.75, 3.05) is 6.54 Å². The van der Waals surface area contributed by atoms with Crippen LogP contribution in [0.2, 0.25) is 0 Å². The van der Waals surface area contributed by atoms with Gasteiger partial charge in [0.25, 0.3) is 5.91 Å². The summed E-state index contributed by atoms with van der Waals surface area (Å²) in [5, 5.41) is 8.74. The second-order valence-corrected chi connectivity index (χ2v) is 7.59. The van der Waals surface area contributed by atoms with Gasteiger partial charge in [0.2, 0.25) is 0 Å². The summed E-state index contributed by atoms with van der Waals surface area (Å²) in [7, 11) is 0. The van der Waals surface area contributed by atoms with Gasteiger partial charge in [0.1, 0.15) is 10.6 Å². The predicted molar refractivity (Wildman–Crippen MR) is 104 cm³/mol. The number of hydrogen-bond acceptors (Lipinski definition) is 5. The van der Waals surface area contributed by atoms with E-state index in [9.17, 15) is 9.59 Å². The van der Waals surface area contributed by atoms with Crippen LogP contribution in [-0.4, -0.2) is 47.1 Å². The number of thiocarbonyl (C=S) groups is 1. The van der Waals surface area contributed by atoms with Crippen LogP contribution in [0, 0.1) is 13.8 Å². The van der Waals surface area contributed by atoms with E-state index in [1.807, 2.05) is 41.5 Å². The summed E-state index contributed by atoms with van der Waals surface area (Å²) in [6, 6.07) is 2.01. The minimum atomic E-state index is -0.877. The van der Waals surface area contributed by atoms with Crippen molar-refractivity contribution in [3.63, 3.8) is 0 Å². The van der Waals surface area contributed by atoms with Crippen LogP contribution in [0.15, 0.2) is 29.7 Å². The number of carbonyl (C=O) groups is 2. The van der Waals surface area contributed by atoms with Crippen LogP contribution >= 0.6 is 24.0 Å². The maximum Gasteiger partial charge on any atom is 0.303 e. The molecule has 0 radical (unpaired) electrons. The smallest absolute Gasteiger partial charge is 0.303 e. The van der Waals surface area contributed by atoms with Gasteiger partial charge in [-0.05, 0) is 38.0 Å². The Labute approximate surface area is 160 Å². The molecule has 1 N–H and O–H groups in total. The summed E-state index contributed by atoms with van der Waals surface area (Å²) in [4.78, 5) is 29.4. The largest absolute Gasteiger partial charge is 0.481 e. The fourth-order valence-corrected chi connectivity index (χ4v) is 4.17. The second-order valence-electron chi connectivity index (χ2n) is 5.91. The van der Waals surface area contributed by atoms with Crippen LogP contribution in [0.1, 0.15) is 29.8 Å². The molecule has 3 rings (SSSR count). The van der Waals surface area contributed by atoms with E-state index in [1.54, 1.807) is 12.5 Å². The lowest BCUT2D eigenvalue weighted by Gasteiger charge is -2.13. The maximum absolute atomic E-state index is 12.6. The third-order valence-electron chi connectivity index (χ3n) is 4.09. The zero-order chi connectivity index (χ0) is 18.8. The highest BCUT2D eigenvalue weighted by molar-refractivity contribution is 8.26. The van der Waals surface area contributed by atoms with Crippen molar-refractivity contribution in [1.29, 1.82) is 0 Å². The molecule has 1 aliphatic heterocycles. The van der Waals surface area contributed by atoms with Crippen molar-refractivity contribution in [3.8, 4) is 0 Å². The highest BCUT2D eigenvalue weighted by Gasteiger charge is 2.32. The number of aryl methyl sites for hydroxylation is 1. The van der Waals surface area contributed by atoms with E-state index in [1.165, 1.54) is 16.7 Å². The van der Waals surface area contributed by atoms with Gasteiger partial charge in [-0.1, -0.05) is 24.0 Å². The maximum atomic E-state index is 12.6. The molecular weight excluding hydrogens is 372 g/mol. The molecule has 1 amide bonds. The molecule has 0 spiro atoms. The SMILES string of the molecule is Cc1cc(/C=C2\SC(=S)N(CCCC(=O)O)C2=O)c(C)n1-n1ccnc1. The molecule has 2 aromatic rings. The first-order chi connectivity index (χ1) is 12.4. The topological polar surface area (TPSA) is 80.4 Å². The zero-order valence-corrected chi connectivity index (χ0v) is 16.0. The van der Waals surface area contributed by atoms with Crippen LogP contribution in [0.25, 0.3) is 6.08 Å². The number of carboxylic acid groups (broad SMARTS) is 1. The van der Waals surface area contributed by atoms with E-state index in [0.717, 1.165) is 17.0 Å². The van der Waals surface area contributed by atoms with Gasteiger partial charge in [0.15, 0.2) is 0 Å². The van der Waals surface area contributed by atoms with Crippen LogP contribution < -0.4 is 0 Å². The number of rotatable bonds is 6. The van der Waals surface area contributed by atoms with E-state index in [0.29, 0.717) is 22.2 Å². The monoisotopic (exact) mass is 390 g/mol. The van der Waals surface area contributed by atoms with Gasteiger partial charge in [-0.2, -0.15) is 0 Å². The fraction of sp³-hybridized carbons (Fsp3) is 0.294. The summed E-state index contributed by atoms with van der Waals surface area (Å²) < 4.78 is 4.35. The Balaban J connectivity index is 1.83. The Morgan fingerprint density at radius 1 is 1.42 bits per heavy atom. The van der Waals surface area contributed by atoms with E-state index in [-0.39, 0.29) is 12.3 Å². The summed E-state index contributed by atoms with van der Waals surface area (Å²) in [6.45, 7) is 4.29. The van der Waals surface area contributed by atoms with Crippen molar-refractivity contribution >= 4 is 46.3 Å². The molecule has 26 heavy (non-hydrogen) atoms. The highest BCUT2D eigenvalue weighted by Crippen LogP contribution is 2.33. The lowest BCUT2D eigenvalue weighted by molar-refractivity contribution is -0.137. The van der Waals surface area contributed by atoms with Gasteiger partial charge in [-0.3, -0.25) is 19.2 Å². The quantitative estimate of drug-likeness (QED) is 0.603. The number of carbonyl (C=O) groups excluding carboxylic acids is 1. The first-order valence-corrected chi connectivity index (χ1v) is 9.25. The summed E-state index contributed by atoms with van der Waals surface area (Å²) >= 11 is 6.53. The number of amides is 1. The summed E-state index contributed by atoms with van der Waals surface area (Å²) in [6.07, 6.45) is 7.51. The van der Waals surface area contributed by atoms with Gasteiger partial charge >= 0.3 is 5.97 Å². The van der Waals surface area contributed by atoms with Crippen molar-refractivity contribution in [2.45, 2.75) is 26.7 Å². The zero-order valence-electron chi connectivity index (χ0n) is 14.4. The Hall–Kier alpha value is -2.39. The molecule has 0 saturated carbocycles. The predicted octanol–water partition coefficient (Wildman–Crippen LogP) is 2.68. The third kappa shape index (κ3) is 3.58. The van der Waals surface area contributed by atoms with Crippen molar-refractivity contribution in [3.05, 3.63) is 46.6 Å². The Kier molecular flexibility index (Phi) is 5.28. The number of thioether (sulfide) groups is 1. The molecule has 2 aromatic heterocycles. The molecule has 0 unspecified atom stereocenters. The molecule has 7 nitrogen and oxygen atoms in total. The molecule has 136 valence electrons. The lowest BCUT2D eigenvalue weighted by atomic mass is 10.2. The van der Waals surface area contributed by atoms with Gasteiger partial charge in [-0.25, -0.2) is 9.66 Å². The normalized spacial score (nSPS) is 16.1. The average Bonchev–Trinajstić information content (AvgIpc) is 3.24. The van der Waals surface area contributed by atoms with Crippen LogP contribution in [0.3, 0.4) is 0 Å². The molecule has 1 saturated heterocycles. The lowest BCUT2D eigenvalue weighted by Crippen LogP contribution is -2.29. The number of aromatic nitrogens is 3. The van der Waals surface area contributed by atoms with E-state index in [4.69, 9.17) is 17.3 Å². The van der Waals surface area contributed by atoms with E-state index >= 15 is 0 Å². The summed E-state index contributed by atoms with van der Waals surface area (Å²) in [5.74, 6) is -1.05. The Morgan fingerprint density at radius 2 is 2.19 bits per heavy atom. The first-order valence-electron chi connectivity index (χ1n) is 8.03. The van der Waals surface area contributed by atoms with Crippen molar-refractivity contribution in [2.24, 2.45) is 0 Å². The van der Waals surface area contributed by atoms with Crippen molar-refractivity contribution < 1.29 is 14.7 Å². The molecule has 0 atom stereocenters. The second kappa shape index (κ2) is 7.46. The molecule has 0 aliphatic carbocycles. The van der Waals surface area contributed by atoms with Crippen molar-refractivity contribution in [1.82, 2.24) is 19.2 Å². The number of imidazole rings is 1. The van der Waals surface area contributed by atoms with Gasteiger partial charge in [0.05, 0.1) is 4.91 Å². The minimum Gasteiger partial charge on any atom is -0.481 e. The minimum absolute atomic E-state index is 0.0160. The molecule has 9 heteroatoms. The average molecular weight is 390 g/mol. The van der Waals surface area contributed by atoms with Gasteiger partial charge in [-0.15, -0.1) is 0 Å². The van der Waals surface area contributed by atoms with Gasteiger partial charge < -0.3 is 5.11 Å². The number of aliphatic carboxylic acids is 1. The number of carboxylic acids is 1. The Morgan fingerprint density at radius 3 is 2.85 bits per heavy atom. The van der Waals surface area contributed by atoms with E-state index in [2.05, 4.69) is 4.98 Å². The van der Waals surface area contributed by atoms with E-state index < -0.39 is 5.97 Å². The fourth-order valence-electron chi connectivity index (χ4n) is 2.87. The third-order valence-corrected chi connectivity index (χ3v) is 5.47. The van der Waals surface area contributed by atoms with Gasteiger partial charge in [0, 0.05) is 36.7 Å².